The van der Waals surface area contributed by atoms with Gasteiger partial charge in [0.15, 0.2) is 0 Å². The van der Waals surface area contributed by atoms with E-state index in [4.69, 9.17) is 30.6 Å². The quantitative estimate of drug-likeness (QED) is 0.0344. The average Bonchev–Trinajstić information content (AvgIpc) is 3.16. The molecule has 0 fully saturated rings. The highest BCUT2D eigenvalue weighted by Crippen LogP contribution is 2.27. The van der Waals surface area contributed by atoms with Gasteiger partial charge in [0.25, 0.3) is 0 Å². The van der Waals surface area contributed by atoms with E-state index in [0.717, 1.165) is 29.0 Å². The summed E-state index contributed by atoms with van der Waals surface area (Å²) in [6, 6.07) is -2.54. The number of carboxylic acids is 8. The Kier molecular flexibility index (Phi) is 40.1. The van der Waals surface area contributed by atoms with E-state index < -0.39 is 97.4 Å². The fourth-order valence-corrected chi connectivity index (χ4v) is 5.24. The molecule has 66 heavy (non-hydrogen) atoms. The molecule has 0 saturated carbocycles. The highest BCUT2D eigenvalue weighted by Gasteiger charge is 2.34. The minimum atomic E-state index is -1.36. The third-order valence-electron chi connectivity index (χ3n) is 8.70. The molecule has 24 nitrogen and oxygen atoms in total. The summed E-state index contributed by atoms with van der Waals surface area (Å²) in [4.78, 5) is 116. The van der Waals surface area contributed by atoms with Crippen molar-refractivity contribution >= 4 is 59.6 Å². The molecule has 0 aromatic rings. The second-order valence-corrected chi connectivity index (χ2v) is 15.7. The van der Waals surface area contributed by atoms with E-state index in [1.165, 1.54) is 0 Å². The van der Waals surface area contributed by atoms with E-state index in [1.807, 2.05) is 0 Å². The van der Waals surface area contributed by atoms with Crippen LogP contribution < -0.4 is 10.6 Å². The molecule has 0 bridgehead atoms. The summed E-state index contributed by atoms with van der Waals surface area (Å²) >= 11 is 0. The maximum absolute atomic E-state index is 12.4. The number of hydrogen-bond acceptors (Lipinski definition) is 14. The van der Waals surface area contributed by atoms with Crippen LogP contribution in [0.3, 0.4) is 0 Å². The summed E-state index contributed by atoms with van der Waals surface area (Å²) in [5.74, 6) is -11.2. The Labute approximate surface area is 386 Å². The number of nitrogens with one attached hydrogen (secondary N) is 2. The Morgan fingerprint density at radius 3 is 1.23 bits per heavy atom. The van der Waals surface area contributed by atoms with E-state index in [-0.39, 0.29) is 51.5 Å². The van der Waals surface area contributed by atoms with Gasteiger partial charge in [0.05, 0.1) is 32.1 Å². The zero-order valence-electron chi connectivity index (χ0n) is 38.8. The Hall–Kier alpha value is -5.98. The molecule has 0 aliphatic carbocycles. The number of carboxylic acid groups (broad SMARTS) is 8. The Balaban J connectivity index is -0.000000296. The van der Waals surface area contributed by atoms with Crippen molar-refractivity contribution in [2.75, 3.05) is 80.5 Å². The molecule has 0 saturated heterocycles. The lowest BCUT2D eigenvalue weighted by Gasteiger charge is -2.27. The number of aliphatic carboxylic acids is 8. The maximum Gasteiger partial charge on any atom is 0.327 e. The van der Waals surface area contributed by atoms with Crippen molar-refractivity contribution < 1.29 is 88.8 Å². The van der Waals surface area contributed by atoms with E-state index in [9.17, 15) is 58.2 Å². The van der Waals surface area contributed by atoms with Gasteiger partial charge in [-0.1, -0.05) is 41.4 Å². The van der Waals surface area contributed by atoms with Crippen molar-refractivity contribution in [1.29, 1.82) is 0 Å². The molecule has 0 heterocycles. The monoisotopic (exact) mass is 953 g/mol. The van der Waals surface area contributed by atoms with E-state index in [2.05, 4.69) is 61.8 Å². The van der Waals surface area contributed by atoms with Crippen molar-refractivity contribution in [3.05, 3.63) is 24.8 Å². The van der Waals surface area contributed by atoms with Gasteiger partial charge < -0.3 is 61.3 Å². The molecular weight excluding hydrogens is 876 g/mol. The van der Waals surface area contributed by atoms with Crippen LogP contribution in [0.5, 0.6) is 0 Å². The van der Waals surface area contributed by atoms with Gasteiger partial charge in [-0.2, -0.15) is 0 Å². The van der Waals surface area contributed by atoms with Crippen LogP contribution >= 0.6 is 0 Å². The van der Waals surface area contributed by atoms with Crippen LogP contribution in [-0.4, -0.2) is 213 Å². The molecule has 382 valence electrons. The lowest BCUT2D eigenvalue weighted by molar-refractivity contribution is -0.152. The van der Waals surface area contributed by atoms with Crippen molar-refractivity contribution in [3.63, 3.8) is 0 Å². The van der Waals surface area contributed by atoms with Crippen LogP contribution in [0.1, 0.15) is 80.1 Å². The van der Waals surface area contributed by atoms with E-state index in [0.29, 0.717) is 31.4 Å². The first-order valence-electron chi connectivity index (χ1n) is 20.3. The van der Waals surface area contributed by atoms with Crippen LogP contribution in [0.15, 0.2) is 24.8 Å². The molecule has 3 unspecified atom stereocenters. The Bertz CT molecular complexity index is 1530. The van der Waals surface area contributed by atoms with E-state index >= 15 is 0 Å². The highest BCUT2D eigenvalue weighted by atomic mass is 16.4. The SMILES string of the molecule is C.C=C(C)C(=O)NCCCCC(C(=O)O)N(CC(=O)O)CC(=O)O.C=CC(=O)O.CCC(CC(C)(C)C(=O)NCCCC(C(=O)O)N(CC(=O)O)CC(=O)O)C(=O)O.CN(C)CCN(C)C. The molecular formula is C42H76N6O18. The summed E-state index contributed by atoms with van der Waals surface area (Å²) in [5, 5.41) is 75.7. The first-order chi connectivity index (χ1) is 29.9. The lowest BCUT2D eigenvalue weighted by atomic mass is 9.81. The summed E-state index contributed by atoms with van der Waals surface area (Å²) < 4.78 is 0. The van der Waals surface area contributed by atoms with Crippen molar-refractivity contribution in [3.8, 4) is 0 Å². The number of nitrogens with zero attached hydrogens (tertiary/aromatic N) is 4. The number of carbonyl (C=O) groups excluding carboxylic acids is 2. The number of hydrogen-bond donors (Lipinski definition) is 10. The number of rotatable bonds is 31. The molecule has 10 N–H and O–H groups in total. The summed E-state index contributed by atoms with van der Waals surface area (Å²) in [5.41, 5.74) is -0.577. The van der Waals surface area contributed by atoms with Crippen LogP contribution in [-0.2, 0) is 47.9 Å². The molecule has 0 radical (unpaired) electrons. The lowest BCUT2D eigenvalue weighted by Crippen LogP contribution is -2.47. The van der Waals surface area contributed by atoms with Gasteiger partial charge in [-0.25, -0.2) is 4.79 Å². The number of carbonyl (C=O) groups is 10. The number of amides is 2. The smallest absolute Gasteiger partial charge is 0.327 e. The third-order valence-corrected chi connectivity index (χ3v) is 8.70. The molecule has 0 spiro atoms. The number of likely N-dealkylation sites (N-methyl/N-ethyl adjacent to an activating group) is 2. The number of unbranched alkanes of at least 4 members (excludes halogenated alkanes) is 1. The van der Waals surface area contributed by atoms with Gasteiger partial charge in [0.2, 0.25) is 11.8 Å². The Morgan fingerprint density at radius 1 is 0.606 bits per heavy atom. The van der Waals surface area contributed by atoms with E-state index in [1.54, 1.807) is 27.7 Å². The molecule has 2 amide bonds. The van der Waals surface area contributed by atoms with Gasteiger partial charge in [-0.05, 0) is 80.1 Å². The van der Waals surface area contributed by atoms with Gasteiger partial charge in [-0.3, -0.25) is 53.0 Å². The third kappa shape index (κ3) is 39.6. The summed E-state index contributed by atoms with van der Waals surface area (Å²) in [6.07, 6.45) is 2.43. The minimum absolute atomic E-state index is 0. The highest BCUT2D eigenvalue weighted by molar-refractivity contribution is 5.92. The fraction of sp³-hybridized carbons (Fsp3) is 0.667. The summed E-state index contributed by atoms with van der Waals surface area (Å²) in [7, 11) is 8.35. The molecule has 0 aromatic heterocycles. The zero-order chi connectivity index (χ0) is 51.6. The van der Waals surface area contributed by atoms with Gasteiger partial charge in [-0.15, -0.1) is 0 Å². The van der Waals surface area contributed by atoms with Crippen LogP contribution in [0.4, 0.5) is 0 Å². The maximum atomic E-state index is 12.4. The first kappa shape index (κ1) is 69.1. The molecule has 3 atom stereocenters. The van der Waals surface area contributed by atoms with Crippen molar-refractivity contribution in [2.24, 2.45) is 11.3 Å². The molecule has 0 aliphatic heterocycles. The first-order valence-corrected chi connectivity index (χ1v) is 20.3. The predicted octanol–water partition coefficient (Wildman–Crippen LogP) is 1.11. The molecule has 24 heteroatoms. The van der Waals surface area contributed by atoms with Gasteiger partial charge in [0, 0.05) is 43.2 Å². The van der Waals surface area contributed by atoms with Crippen LogP contribution in [0.2, 0.25) is 0 Å². The average molecular weight is 953 g/mol. The Morgan fingerprint density at radius 2 is 0.955 bits per heavy atom. The fourth-order valence-electron chi connectivity index (χ4n) is 5.24. The minimum Gasteiger partial charge on any atom is -0.481 e. The topological polar surface area (TPSA) is 370 Å². The molecule has 0 rings (SSSR count). The second kappa shape index (κ2) is 38.3. The van der Waals surface area contributed by atoms with Crippen LogP contribution in [0.25, 0.3) is 0 Å². The molecule has 0 aromatic carbocycles. The van der Waals surface area contributed by atoms with Crippen molar-refractivity contribution in [2.45, 2.75) is 92.2 Å². The molecule has 0 aliphatic rings. The normalized spacial score (nSPS) is 11.9. The van der Waals surface area contributed by atoms with Gasteiger partial charge >= 0.3 is 47.8 Å². The largest absolute Gasteiger partial charge is 0.481 e. The van der Waals surface area contributed by atoms with Crippen molar-refractivity contribution in [1.82, 2.24) is 30.2 Å². The zero-order valence-corrected chi connectivity index (χ0v) is 38.8. The predicted molar refractivity (Wildman–Crippen MR) is 242 cm³/mol. The second-order valence-electron chi connectivity index (χ2n) is 15.7. The summed E-state index contributed by atoms with van der Waals surface area (Å²) in [6.45, 7) is 12.8. The standard InChI is InChI=1S/C18H30N2O9.C14H22N2O7.C6H16N2.C3H4O2.CH4/c1-4-11(15(25)26)8-18(2,3)17(29)19-7-5-6-12(16(27)28)20(9-13(21)22)10-14(23)24;1-9(2)13(21)15-6-4-3-5-10(14(22)23)16(7-11(17)18)8-12(19)20;1-7(2)5-6-8(3)4;1-2-3(4)5;/h11-12H,4-10H2,1-3H3,(H,19,29)(H,21,22)(H,23,24)(H,25,26)(H,27,28);10H,1,3-8H2,2H3,(H,15,21)(H,17,18)(H,19,20)(H,22,23);5-6H2,1-4H3;2H,1H2,(H,4,5);1H4. The van der Waals surface area contributed by atoms with Gasteiger partial charge in [0.1, 0.15) is 12.1 Å². The van der Waals surface area contributed by atoms with Crippen LogP contribution in [0, 0.1) is 11.3 Å².